The van der Waals surface area contributed by atoms with Crippen molar-refractivity contribution in [3.05, 3.63) is 34.9 Å². The lowest BCUT2D eigenvalue weighted by Gasteiger charge is -2.29. The molecule has 0 spiro atoms. The lowest BCUT2D eigenvalue weighted by Crippen LogP contribution is -2.40. The summed E-state index contributed by atoms with van der Waals surface area (Å²) in [5, 5.41) is 7.39. The minimum atomic E-state index is -3.08. The van der Waals surface area contributed by atoms with E-state index in [0.29, 0.717) is 25.6 Å². The Morgan fingerprint density at radius 1 is 1.35 bits per heavy atom. The molecule has 0 radical (unpaired) electrons. The minimum Gasteiger partial charge on any atom is -0.357 e. The molecule has 1 aromatic carbocycles. The molecule has 8 heteroatoms. The maximum atomic E-state index is 11.6. The van der Waals surface area contributed by atoms with Crippen LogP contribution in [0.4, 0.5) is 0 Å². The molecule has 6 nitrogen and oxygen atoms in total. The van der Waals surface area contributed by atoms with Gasteiger partial charge in [-0.2, -0.15) is 0 Å². The molecule has 1 atom stereocenters. The van der Waals surface area contributed by atoms with E-state index in [4.69, 9.17) is 16.6 Å². The van der Waals surface area contributed by atoms with Gasteiger partial charge in [-0.3, -0.25) is 4.99 Å². The van der Waals surface area contributed by atoms with Gasteiger partial charge in [-0.15, -0.1) is 0 Å². The molecule has 1 unspecified atom stereocenters. The summed E-state index contributed by atoms with van der Waals surface area (Å²) in [6.45, 7) is 6.70. The van der Waals surface area contributed by atoms with Crippen molar-refractivity contribution >= 4 is 27.6 Å². The van der Waals surface area contributed by atoms with E-state index in [1.807, 2.05) is 31.2 Å². The highest BCUT2D eigenvalue weighted by atomic mass is 35.5. The van der Waals surface area contributed by atoms with Gasteiger partial charge in [-0.25, -0.2) is 12.7 Å². The van der Waals surface area contributed by atoms with Crippen molar-refractivity contribution in [3.63, 3.8) is 0 Å². The van der Waals surface area contributed by atoms with Gasteiger partial charge in [0, 0.05) is 31.2 Å². The Kier molecular flexibility index (Phi) is 7.73. The number of sulfonamides is 1. The average molecular weight is 401 g/mol. The van der Waals surface area contributed by atoms with E-state index in [9.17, 15) is 8.42 Å². The first-order valence-corrected chi connectivity index (χ1v) is 11.3. The predicted octanol–water partition coefficient (Wildman–Crippen LogP) is 2.63. The number of halogens is 1. The first kappa shape index (κ1) is 21.0. The normalized spacial score (nSPS) is 18.5. The Bertz CT molecular complexity index is 716. The lowest BCUT2D eigenvalue weighted by atomic mass is 9.98. The van der Waals surface area contributed by atoms with E-state index in [-0.39, 0.29) is 6.04 Å². The fourth-order valence-corrected chi connectivity index (χ4v) is 4.25. The number of hydrogen-bond acceptors (Lipinski definition) is 3. The van der Waals surface area contributed by atoms with Crippen molar-refractivity contribution < 1.29 is 8.42 Å². The summed E-state index contributed by atoms with van der Waals surface area (Å²) in [6.07, 6.45) is 2.96. The summed E-state index contributed by atoms with van der Waals surface area (Å²) in [4.78, 5) is 4.70. The summed E-state index contributed by atoms with van der Waals surface area (Å²) in [7, 11) is -3.08. The van der Waals surface area contributed by atoms with Crippen molar-refractivity contribution in [1.82, 2.24) is 14.9 Å². The van der Waals surface area contributed by atoms with Crippen molar-refractivity contribution in [1.29, 1.82) is 0 Å². The largest absolute Gasteiger partial charge is 0.357 e. The van der Waals surface area contributed by atoms with Crippen LogP contribution >= 0.6 is 11.6 Å². The zero-order chi connectivity index (χ0) is 19.2. The zero-order valence-corrected chi connectivity index (χ0v) is 17.3. The third-order valence-corrected chi connectivity index (χ3v) is 6.27. The summed E-state index contributed by atoms with van der Waals surface area (Å²) in [5.74, 6) is 1.16. The predicted molar refractivity (Wildman–Crippen MR) is 108 cm³/mol. The van der Waals surface area contributed by atoms with Crippen LogP contribution in [0.5, 0.6) is 0 Å². The van der Waals surface area contributed by atoms with Crippen molar-refractivity contribution in [2.75, 3.05) is 32.4 Å². The zero-order valence-electron chi connectivity index (χ0n) is 15.7. The van der Waals surface area contributed by atoms with Crippen LogP contribution in [0.2, 0.25) is 5.02 Å². The van der Waals surface area contributed by atoms with Gasteiger partial charge < -0.3 is 10.6 Å². The number of guanidine groups is 1. The van der Waals surface area contributed by atoms with Crippen molar-refractivity contribution in [2.24, 2.45) is 10.9 Å². The van der Waals surface area contributed by atoms with Crippen LogP contribution in [0.1, 0.15) is 38.3 Å². The molecular weight excluding hydrogens is 372 g/mol. The smallest absolute Gasteiger partial charge is 0.211 e. The molecule has 0 amide bonds. The number of benzene rings is 1. The fourth-order valence-electron chi connectivity index (χ4n) is 3.07. The maximum Gasteiger partial charge on any atom is 0.211 e. The maximum absolute atomic E-state index is 11.6. The Morgan fingerprint density at radius 2 is 2.00 bits per heavy atom. The molecule has 1 aliphatic heterocycles. The average Bonchev–Trinajstić information content (AvgIpc) is 2.60. The second-order valence-corrected chi connectivity index (χ2v) is 9.10. The van der Waals surface area contributed by atoms with Crippen LogP contribution in [-0.2, 0) is 10.0 Å². The summed E-state index contributed by atoms with van der Waals surface area (Å²) >= 11 is 6.27. The van der Waals surface area contributed by atoms with Crippen LogP contribution in [-0.4, -0.2) is 51.1 Å². The van der Waals surface area contributed by atoms with Crippen LogP contribution in [0.25, 0.3) is 0 Å². The van der Waals surface area contributed by atoms with Gasteiger partial charge in [0.2, 0.25) is 10.0 Å². The number of hydrogen-bond donors (Lipinski definition) is 2. The number of rotatable bonds is 6. The van der Waals surface area contributed by atoms with Crippen LogP contribution in [0, 0.1) is 5.92 Å². The van der Waals surface area contributed by atoms with E-state index in [0.717, 1.165) is 35.9 Å². The summed E-state index contributed by atoms with van der Waals surface area (Å²) < 4.78 is 24.7. The Labute approximate surface area is 162 Å². The van der Waals surface area contributed by atoms with Gasteiger partial charge in [-0.05, 0) is 44.2 Å². The molecule has 0 saturated carbocycles. The number of nitrogens with zero attached hydrogens (tertiary/aromatic N) is 2. The summed E-state index contributed by atoms with van der Waals surface area (Å²) in [6, 6.07) is 7.81. The Morgan fingerprint density at radius 3 is 2.58 bits per heavy atom. The molecular formula is C18H29ClN4O2S. The molecule has 0 bridgehead atoms. The van der Waals surface area contributed by atoms with Gasteiger partial charge in [0.15, 0.2) is 5.96 Å². The molecule has 0 aromatic heterocycles. The highest BCUT2D eigenvalue weighted by molar-refractivity contribution is 7.88. The topological polar surface area (TPSA) is 73.8 Å². The number of piperidine rings is 1. The second-order valence-electron chi connectivity index (χ2n) is 6.71. The van der Waals surface area contributed by atoms with E-state index >= 15 is 0 Å². The van der Waals surface area contributed by atoms with Gasteiger partial charge in [0.05, 0.1) is 12.3 Å². The van der Waals surface area contributed by atoms with E-state index < -0.39 is 10.0 Å². The third kappa shape index (κ3) is 6.14. The lowest BCUT2D eigenvalue weighted by molar-refractivity contribution is 0.280. The van der Waals surface area contributed by atoms with E-state index in [1.165, 1.54) is 6.26 Å². The van der Waals surface area contributed by atoms with Crippen LogP contribution in [0.3, 0.4) is 0 Å². The number of aliphatic imine (C=N–C) groups is 1. The van der Waals surface area contributed by atoms with Gasteiger partial charge in [0.1, 0.15) is 0 Å². The van der Waals surface area contributed by atoms with E-state index in [2.05, 4.69) is 17.6 Å². The van der Waals surface area contributed by atoms with Crippen molar-refractivity contribution in [2.45, 2.75) is 32.7 Å². The first-order valence-electron chi connectivity index (χ1n) is 9.05. The van der Waals surface area contributed by atoms with E-state index in [1.54, 1.807) is 4.31 Å². The van der Waals surface area contributed by atoms with Gasteiger partial charge in [-0.1, -0.05) is 29.8 Å². The van der Waals surface area contributed by atoms with Crippen LogP contribution < -0.4 is 10.6 Å². The minimum absolute atomic E-state index is 0.0357. The summed E-state index contributed by atoms with van der Waals surface area (Å²) in [5.41, 5.74) is 1.03. The molecule has 1 fully saturated rings. The standard InChI is InChI=1S/C18H29ClN4O2S/c1-4-20-18(22-14(2)16-7-5-6-8-17(16)19)21-13-15-9-11-23(12-10-15)26(3,24)25/h5-8,14-15H,4,9-13H2,1-3H3,(H2,20,21,22). The highest BCUT2D eigenvalue weighted by Gasteiger charge is 2.24. The molecule has 0 aliphatic carbocycles. The van der Waals surface area contributed by atoms with Crippen molar-refractivity contribution in [3.8, 4) is 0 Å². The molecule has 1 heterocycles. The molecule has 26 heavy (non-hydrogen) atoms. The third-order valence-electron chi connectivity index (χ3n) is 4.62. The SMILES string of the molecule is CCNC(=NCC1CCN(S(C)(=O)=O)CC1)NC(C)c1ccccc1Cl. The fraction of sp³-hybridized carbons (Fsp3) is 0.611. The first-order chi connectivity index (χ1) is 12.3. The monoisotopic (exact) mass is 400 g/mol. The molecule has 1 saturated heterocycles. The highest BCUT2D eigenvalue weighted by Crippen LogP contribution is 2.22. The van der Waals surface area contributed by atoms with Gasteiger partial charge >= 0.3 is 0 Å². The molecule has 146 valence electrons. The van der Waals surface area contributed by atoms with Gasteiger partial charge in [0.25, 0.3) is 0 Å². The number of nitrogens with one attached hydrogen (secondary N) is 2. The molecule has 2 rings (SSSR count). The Hall–Kier alpha value is -1.31. The molecule has 1 aliphatic rings. The second kappa shape index (κ2) is 9.58. The Balaban J connectivity index is 1.94. The molecule has 2 N–H and O–H groups in total. The molecule has 1 aromatic rings. The quantitative estimate of drug-likeness (QED) is 0.568. The van der Waals surface area contributed by atoms with Crippen LogP contribution in [0.15, 0.2) is 29.3 Å².